The van der Waals surface area contributed by atoms with Gasteiger partial charge in [0.05, 0.1) is 13.7 Å². The monoisotopic (exact) mass is 272 g/mol. The number of aromatic nitrogens is 2. The Balaban J connectivity index is 1.91. The van der Waals surface area contributed by atoms with E-state index in [2.05, 4.69) is 9.55 Å². The van der Waals surface area contributed by atoms with Gasteiger partial charge < -0.3 is 19.9 Å². The summed E-state index contributed by atoms with van der Waals surface area (Å²) in [7, 11) is 1.54. The molecular weight excluding hydrogens is 256 g/mol. The molecule has 1 aliphatic rings. The maximum atomic E-state index is 12.7. The number of nitrogen functional groups attached to an aromatic ring is 1. The number of fused-ring (bicyclic) bond motifs is 1. The molecule has 0 fully saturated rings. The van der Waals surface area contributed by atoms with Crippen LogP contribution in [0.25, 0.3) is 0 Å². The predicted molar refractivity (Wildman–Crippen MR) is 74.4 cm³/mol. The van der Waals surface area contributed by atoms with Gasteiger partial charge in [0.15, 0.2) is 0 Å². The number of ether oxygens (including phenoxy) is 1. The highest BCUT2D eigenvalue weighted by Gasteiger charge is 2.26. The van der Waals surface area contributed by atoms with Crippen LogP contribution in [-0.4, -0.2) is 34.0 Å². The molecule has 0 saturated carbocycles. The Hall–Kier alpha value is -2.50. The average Bonchev–Trinajstić information content (AvgIpc) is 2.93. The number of benzene rings is 1. The Morgan fingerprint density at radius 2 is 2.25 bits per heavy atom. The van der Waals surface area contributed by atoms with E-state index >= 15 is 0 Å². The van der Waals surface area contributed by atoms with Crippen LogP contribution >= 0.6 is 0 Å². The largest absolute Gasteiger partial charge is 0.496 e. The average molecular weight is 272 g/mol. The van der Waals surface area contributed by atoms with Crippen molar-refractivity contribution in [2.45, 2.75) is 13.1 Å². The fraction of sp³-hybridized carbons (Fsp3) is 0.286. The zero-order valence-electron chi connectivity index (χ0n) is 11.2. The lowest BCUT2D eigenvalue weighted by molar-refractivity contribution is 0.0705. The van der Waals surface area contributed by atoms with Crippen LogP contribution in [0.5, 0.6) is 5.75 Å². The van der Waals surface area contributed by atoms with E-state index in [0.29, 0.717) is 30.1 Å². The number of rotatable bonds is 2. The van der Waals surface area contributed by atoms with Gasteiger partial charge in [-0.25, -0.2) is 4.98 Å². The minimum atomic E-state index is -0.116. The van der Waals surface area contributed by atoms with Crippen molar-refractivity contribution in [2.75, 3.05) is 19.4 Å². The van der Waals surface area contributed by atoms with Crippen LogP contribution in [0.1, 0.15) is 16.2 Å². The Labute approximate surface area is 116 Å². The van der Waals surface area contributed by atoms with Crippen LogP contribution < -0.4 is 10.5 Å². The summed E-state index contributed by atoms with van der Waals surface area (Å²) in [4.78, 5) is 18.7. The second kappa shape index (κ2) is 4.88. The zero-order chi connectivity index (χ0) is 14.1. The van der Waals surface area contributed by atoms with E-state index in [1.165, 1.54) is 7.11 Å². The first-order valence-electron chi connectivity index (χ1n) is 6.42. The molecule has 0 saturated heterocycles. The van der Waals surface area contributed by atoms with E-state index in [4.69, 9.17) is 10.5 Å². The second-order valence-corrected chi connectivity index (χ2v) is 4.69. The maximum Gasteiger partial charge on any atom is 0.260 e. The van der Waals surface area contributed by atoms with E-state index in [1.807, 2.05) is 6.20 Å². The molecule has 0 spiro atoms. The Bertz CT molecular complexity index is 650. The molecule has 1 aliphatic heterocycles. The number of hydrogen-bond donors (Lipinski definition) is 1. The van der Waals surface area contributed by atoms with E-state index < -0.39 is 0 Å². The third-order valence-electron chi connectivity index (χ3n) is 3.52. The fourth-order valence-corrected chi connectivity index (χ4v) is 2.45. The number of nitrogens with two attached hydrogens (primary N) is 1. The minimum absolute atomic E-state index is 0.116. The van der Waals surface area contributed by atoms with E-state index in [1.54, 1.807) is 29.3 Å². The molecule has 3 rings (SSSR count). The van der Waals surface area contributed by atoms with Crippen molar-refractivity contribution in [3.8, 4) is 5.75 Å². The molecule has 0 unspecified atom stereocenters. The van der Waals surface area contributed by atoms with Gasteiger partial charge in [0, 0.05) is 31.2 Å². The van der Waals surface area contributed by atoms with Gasteiger partial charge in [-0.1, -0.05) is 6.07 Å². The molecule has 6 nitrogen and oxygen atoms in total. The molecule has 1 amide bonds. The standard InChI is InChI=1S/C14H16N4O2/c1-20-11-4-2-3-10(15)13(11)14(19)18-8-7-17-6-5-16-12(17)9-18/h2-6H,7-9,15H2,1H3. The highest BCUT2D eigenvalue weighted by atomic mass is 16.5. The molecule has 0 atom stereocenters. The molecule has 0 aliphatic carbocycles. The molecule has 2 heterocycles. The van der Waals surface area contributed by atoms with Crippen molar-refractivity contribution in [2.24, 2.45) is 0 Å². The van der Waals surface area contributed by atoms with Gasteiger partial charge in [-0.05, 0) is 12.1 Å². The SMILES string of the molecule is COc1cccc(N)c1C(=O)N1CCn2ccnc2C1. The van der Waals surface area contributed by atoms with Gasteiger partial charge in [0.25, 0.3) is 5.91 Å². The lowest BCUT2D eigenvalue weighted by Gasteiger charge is -2.28. The van der Waals surface area contributed by atoms with Crippen molar-refractivity contribution < 1.29 is 9.53 Å². The Morgan fingerprint density at radius 1 is 1.40 bits per heavy atom. The number of nitrogens with zero attached hydrogens (tertiary/aromatic N) is 3. The maximum absolute atomic E-state index is 12.7. The first-order valence-corrected chi connectivity index (χ1v) is 6.42. The number of amides is 1. The minimum Gasteiger partial charge on any atom is -0.496 e. The summed E-state index contributed by atoms with van der Waals surface area (Å²) in [6, 6.07) is 5.23. The number of anilines is 1. The normalized spacial score (nSPS) is 13.9. The van der Waals surface area contributed by atoms with E-state index in [0.717, 1.165) is 12.4 Å². The summed E-state index contributed by atoms with van der Waals surface area (Å²) < 4.78 is 7.30. The summed E-state index contributed by atoms with van der Waals surface area (Å²) in [6.07, 6.45) is 3.68. The van der Waals surface area contributed by atoms with Crippen LogP contribution in [0.15, 0.2) is 30.6 Å². The van der Waals surface area contributed by atoms with E-state index in [-0.39, 0.29) is 5.91 Å². The molecular formula is C14H16N4O2. The summed E-state index contributed by atoms with van der Waals surface area (Å²) in [5.41, 5.74) is 6.79. The van der Waals surface area contributed by atoms with Gasteiger partial charge in [-0.15, -0.1) is 0 Å². The highest BCUT2D eigenvalue weighted by Crippen LogP contribution is 2.27. The topological polar surface area (TPSA) is 73.4 Å². The van der Waals surface area contributed by atoms with Crippen molar-refractivity contribution in [3.63, 3.8) is 0 Å². The number of carbonyl (C=O) groups excluding carboxylic acids is 1. The van der Waals surface area contributed by atoms with Crippen molar-refractivity contribution in [3.05, 3.63) is 42.0 Å². The first kappa shape index (κ1) is 12.5. The van der Waals surface area contributed by atoms with Crippen molar-refractivity contribution in [1.29, 1.82) is 0 Å². The number of carbonyl (C=O) groups is 1. The van der Waals surface area contributed by atoms with Gasteiger partial charge in [0.1, 0.15) is 17.1 Å². The highest BCUT2D eigenvalue weighted by molar-refractivity contribution is 6.01. The van der Waals surface area contributed by atoms with Gasteiger partial charge in [0.2, 0.25) is 0 Å². The fourth-order valence-electron chi connectivity index (χ4n) is 2.45. The number of hydrogen-bond acceptors (Lipinski definition) is 4. The zero-order valence-corrected chi connectivity index (χ0v) is 11.2. The molecule has 1 aromatic heterocycles. The predicted octanol–water partition coefficient (Wildman–Crippen LogP) is 1.13. The number of imidazole rings is 1. The Kier molecular flexibility index (Phi) is 3.06. The van der Waals surface area contributed by atoms with Crippen LogP contribution in [0, 0.1) is 0 Å². The third kappa shape index (κ3) is 1.99. The summed E-state index contributed by atoms with van der Waals surface area (Å²) in [6.45, 7) is 1.87. The summed E-state index contributed by atoms with van der Waals surface area (Å²) in [5.74, 6) is 1.27. The molecule has 0 bridgehead atoms. The smallest absolute Gasteiger partial charge is 0.260 e. The molecule has 104 valence electrons. The third-order valence-corrected chi connectivity index (χ3v) is 3.52. The lowest BCUT2D eigenvalue weighted by atomic mass is 10.1. The van der Waals surface area contributed by atoms with Crippen molar-refractivity contribution in [1.82, 2.24) is 14.5 Å². The van der Waals surface area contributed by atoms with Crippen LogP contribution in [0.2, 0.25) is 0 Å². The second-order valence-electron chi connectivity index (χ2n) is 4.69. The molecule has 6 heteroatoms. The van der Waals surface area contributed by atoms with E-state index in [9.17, 15) is 4.79 Å². The van der Waals surface area contributed by atoms with Crippen LogP contribution in [0.4, 0.5) is 5.69 Å². The van der Waals surface area contributed by atoms with Crippen molar-refractivity contribution >= 4 is 11.6 Å². The van der Waals surface area contributed by atoms with Gasteiger partial charge in [-0.3, -0.25) is 4.79 Å². The van der Waals surface area contributed by atoms with Gasteiger partial charge >= 0.3 is 0 Å². The van der Waals surface area contributed by atoms with Crippen LogP contribution in [0.3, 0.4) is 0 Å². The summed E-state index contributed by atoms with van der Waals surface area (Å²) in [5, 5.41) is 0. The molecule has 0 radical (unpaired) electrons. The molecule has 2 aromatic rings. The lowest BCUT2D eigenvalue weighted by Crippen LogP contribution is -2.38. The summed E-state index contributed by atoms with van der Waals surface area (Å²) >= 11 is 0. The molecule has 1 aromatic carbocycles. The quantitative estimate of drug-likeness (QED) is 0.832. The molecule has 2 N–H and O–H groups in total. The van der Waals surface area contributed by atoms with Crippen LogP contribution in [-0.2, 0) is 13.1 Å². The molecule has 20 heavy (non-hydrogen) atoms. The number of methoxy groups -OCH3 is 1. The van der Waals surface area contributed by atoms with Gasteiger partial charge in [-0.2, -0.15) is 0 Å². The first-order chi connectivity index (χ1) is 9.70. The Morgan fingerprint density at radius 3 is 3.05 bits per heavy atom.